The molecule has 40 heavy (non-hydrogen) atoms. The molecule has 1 heterocycles. The quantitative estimate of drug-likeness (QED) is 0.312. The summed E-state index contributed by atoms with van der Waals surface area (Å²) in [6, 6.07) is 21.8. The summed E-state index contributed by atoms with van der Waals surface area (Å²) in [6.45, 7) is 10.2. The molecule has 0 spiro atoms. The molecule has 0 radical (unpaired) electrons. The third-order valence-corrected chi connectivity index (χ3v) is 8.61. The van der Waals surface area contributed by atoms with Crippen LogP contribution in [0.1, 0.15) is 41.5 Å². The summed E-state index contributed by atoms with van der Waals surface area (Å²) < 4.78 is 17.2. The SMILES string of the molecule is CCN(Cc1ccc(OCCN2CCN(C)CC2)cc1)c1cc(OC)ccc1C1CCc2cc(OC)ccc2C1. The van der Waals surface area contributed by atoms with E-state index in [2.05, 4.69) is 89.3 Å². The van der Waals surface area contributed by atoms with Gasteiger partial charge in [-0.05, 0) is 91.7 Å². The predicted octanol–water partition coefficient (Wildman–Crippen LogP) is 5.63. The number of piperazine rings is 1. The van der Waals surface area contributed by atoms with Crippen LogP contribution in [-0.4, -0.2) is 76.9 Å². The third kappa shape index (κ3) is 6.91. The second-order valence-electron chi connectivity index (χ2n) is 11.2. The van der Waals surface area contributed by atoms with Crippen LogP contribution >= 0.6 is 0 Å². The molecule has 6 heteroatoms. The van der Waals surface area contributed by atoms with E-state index in [-0.39, 0.29) is 0 Å². The second kappa shape index (κ2) is 13.4. The minimum atomic E-state index is 0.479. The van der Waals surface area contributed by atoms with Gasteiger partial charge in [-0.2, -0.15) is 0 Å². The Balaban J connectivity index is 1.25. The molecule has 0 N–H and O–H groups in total. The fourth-order valence-corrected chi connectivity index (χ4v) is 6.04. The van der Waals surface area contributed by atoms with E-state index in [1.807, 2.05) is 0 Å². The zero-order valence-electron chi connectivity index (χ0n) is 24.7. The van der Waals surface area contributed by atoms with Gasteiger partial charge in [-0.3, -0.25) is 4.90 Å². The lowest BCUT2D eigenvalue weighted by Crippen LogP contribution is -2.45. The van der Waals surface area contributed by atoms with Gasteiger partial charge in [0.05, 0.1) is 14.2 Å². The highest BCUT2D eigenvalue weighted by atomic mass is 16.5. The van der Waals surface area contributed by atoms with Crippen LogP contribution in [-0.2, 0) is 19.4 Å². The van der Waals surface area contributed by atoms with Crippen molar-refractivity contribution in [2.75, 3.05) is 72.0 Å². The molecule has 1 aliphatic carbocycles. The van der Waals surface area contributed by atoms with Crippen molar-refractivity contribution in [1.82, 2.24) is 9.80 Å². The van der Waals surface area contributed by atoms with Gasteiger partial charge in [-0.1, -0.05) is 24.3 Å². The van der Waals surface area contributed by atoms with E-state index in [0.29, 0.717) is 5.92 Å². The topological polar surface area (TPSA) is 37.4 Å². The first-order valence-corrected chi connectivity index (χ1v) is 14.8. The maximum absolute atomic E-state index is 6.09. The van der Waals surface area contributed by atoms with E-state index < -0.39 is 0 Å². The summed E-state index contributed by atoms with van der Waals surface area (Å²) >= 11 is 0. The predicted molar refractivity (Wildman–Crippen MR) is 163 cm³/mol. The molecule has 2 aliphatic rings. The fourth-order valence-electron chi connectivity index (χ4n) is 6.04. The molecule has 0 amide bonds. The molecule has 0 bridgehead atoms. The lowest BCUT2D eigenvalue weighted by molar-refractivity contribution is 0.134. The molecule has 3 aromatic carbocycles. The summed E-state index contributed by atoms with van der Waals surface area (Å²) in [5, 5.41) is 0. The number of aryl methyl sites for hydroxylation is 1. The Morgan fingerprint density at radius 3 is 2.25 bits per heavy atom. The minimum Gasteiger partial charge on any atom is -0.497 e. The van der Waals surface area contributed by atoms with Gasteiger partial charge in [-0.25, -0.2) is 0 Å². The molecule has 214 valence electrons. The Hall–Kier alpha value is -3.22. The molecule has 1 saturated heterocycles. The molecule has 1 fully saturated rings. The number of nitrogens with zero attached hydrogens (tertiary/aromatic N) is 3. The smallest absolute Gasteiger partial charge is 0.120 e. The fraction of sp³-hybridized carbons (Fsp3) is 0.471. The van der Waals surface area contributed by atoms with Gasteiger partial charge in [-0.15, -0.1) is 0 Å². The first kappa shape index (κ1) is 28.3. The Morgan fingerprint density at radius 2 is 1.52 bits per heavy atom. The van der Waals surface area contributed by atoms with Crippen LogP contribution < -0.4 is 19.1 Å². The summed E-state index contributed by atoms with van der Waals surface area (Å²) in [6.07, 6.45) is 3.26. The molecule has 5 rings (SSSR count). The standard InChI is InChI=1S/C34H45N3O3/c1-5-37(25-26-6-11-30(12-7-26)40-21-20-36-18-16-35(2)17-19-36)34-24-32(39-4)14-15-33(34)29-9-8-28-23-31(38-3)13-10-27(28)22-29/h6-7,10-15,23-24,29H,5,8-9,16-22,25H2,1-4H3. The van der Waals surface area contributed by atoms with Crippen LogP contribution in [0, 0.1) is 0 Å². The first-order valence-electron chi connectivity index (χ1n) is 14.8. The number of anilines is 1. The average Bonchev–Trinajstić information content (AvgIpc) is 3.00. The van der Waals surface area contributed by atoms with Crippen molar-refractivity contribution in [1.29, 1.82) is 0 Å². The summed E-state index contributed by atoms with van der Waals surface area (Å²) in [7, 11) is 5.69. The van der Waals surface area contributed by atoms with Crippen molar-refractivity contribution in [3.8, 4) is 17.2 Å². The zero-order chi connectivity index (χ0) is 27.9. The Morgan fingerprint density at radius 1 is 0.825 bits per heavy atom. The van der Waals surface area contributed by atoms with Gasteiger partial charge in [0, 0.05) is 57.6 Å². The van der Waals surface area contributed by atoms with Crippen LogP contribution in [0.15, 0.2) is 60.7 Å². The molecule has 1 unspecified atom stereocenters. The molecular formula is C34H45N3O3. The van der Waals surface area contributed by atoms with Gasteiger partial charge in [0.2, 0.25) is 0 Å². The van der Waals surface area contributed by atoms with Gasteiger partial charge >= 0.3 is 0 Å². The number of ether oxygens (including phenoxy) is 3. The lowest BCUT2D eigenvalue weighted by atomic mass is 9.79. The first-order chi connectivity index (χ1) is 19.6. The highest BCUT2D eigenvalue weighted by Gasteiger charge is 2.25. The van der Waals surface area contributed by atoms with Gasteiger partial charge in [0.15, 0.2) is 0 Å². The normalized spacial score (nSPS) is 17.8. The van der Waals surface area contributed by atoms with E-state index in [9.17, 15) is 0 Å². The number of fused-ring (bicyclic) bond motifs is 1. The molecule has 1 aliphatic heterocycles. The Kier molecular flexibility index (Phi) is 9.50. The van der Waals surface area contributed by atoms with Crippen LogP contribution in [0.25, 0.3) is 0 Å². The number of likely N-dealkylation sites (N-methyl/N-ethyl adjacent to an activating group) is 1. The molecule has 1 atom stereocenters. The van der Waals surface area contributed by atoms with Crippen molar-refractivity contribution in [3.05, 3.63) is 82.9 Å². The van der Waals surface area contributed by atoms with Crippen molar-refractivity contribution >= 4 is 5.69 Å². The van der Waals surface area contributed by atoms with E-state index in [0.717, 1.165) is 88.9 Å². The second-order valence-corrected chi connectivity index (χ2v) is 11.2. The van der Waals surface area contributed by atoms with Crippen molar-refractivity contribution in [2.24, 2.45) is 0 Å². The van der Waals surface area contributed by atoms with Crippen LogP contribution in [0.4, 0.5) is 5.69 Å². The Bertz CT molecular complexity index is 1240. The molecule has 3 aromatic rings. The number of hydrogen-bond donors (Lipinski definition) is 0. The van der Waals surface area contributed by atoms with Crippen molar-refractivity contribution < 1.29 is 14.2 Å². The van der Waals surface area contributed by atoms with Gasteiger partial charge < -0.3 is 24.0 Å². The van der Waals surface area contributed by atoms with Crippen LogP contribution in [0.3, 0.4) is 0 Å². The van der Waals surface area contributed by atoms with Crippen LogP contribution in [0.2, 0.25) is 0 Å². The van der Waals surface area contributed by atoms with Crippen molar-refractivity contribution in [3.63, 3.8) is 0 Å². The van der Waals surface area contributed by atoms with Gasteiger partial charge in [0.25, 0.3) is 0 Å². The van der Waals surface area contributed by atoms with E-state index in [4.69, 9.17) is 14.2 Å². The summed E-state index contributed by atoms with van der Waals surface area (Å²) in [5.41, 5.74) is 6.82. The van der Waals surface area contributed by atoms with E-state index in [1.54, 1.807) is 14.2 Å². The average molecular weight is 544 g/mol. The number of rotatable bonds is 11. The van der Waals surface area contributed by atoms with Gasteiger partial charge in [0.1, 0.15) is 23.9 Å². The number of benzene rings is 3. The van der Waals surface area contributed by atoms with Crippen LogP contribution in [0.5, 0.6) is 17.2 Å². The molecule has 0 aromatic heterocycles. The number of methoxy groups -OCH3 is 2. The maximum Gasteiger partial charge on any atom is 0.120 e. The third-order valence-electron chi connectivity index (χ3n) is 8.61. The minimum absolute atomic E-state index is 0.479. The Labute approximate surface area is 240 Å². The molecule has 6 nitrogen and oxygen atoms in total. The zero-order valence-corrected chi connectivity index (χ0v) is 24.7. The molecular weight excluding hydrogens is 498 g/mol. The van der Waals surface area contributed by atoms with E-state index in [1.165, 1.54) is 27.9 Å². The van der Waals surface area contributed by atoms with Crippen molar-refractivity contribution in [2.45, 2.75) is 38.6 Å². The summed E-state index contributed by atoms with van der Waals surface area (Å²) in [4.78, 5) is 7.35. The lowest BCUT2D eigenvalue weighted by Gasteiger charge is -2.32. The van der Waals surface area contributed by atoms with E-state index >= 15 is 0 Å². The highest BCUT2D eigenvalue weighted by molar-refractivity contribution is 5.60. The summed E-state index contributed by atoms with van der Waals surface area (Å²) in [5.74, 6) is 3.28. The maximum atomic E-state index is 6.09. The number of hydrogen-bond acceptors (Lipinski definition) is 6. The highest BCUT2D eigenvalue weighted by Crippen LogP contribution is 2.40. The monoisotopic (exact) mass is 543 g/mol. The largest absolute Gasteiger partial charge is 0.497 e. The molecule has 0 saturated carbocycles.